The molecule has 0 saturated heterocycles. The lowest BCUT2D eigenvalue weighted by atomic mass is 10.1. The Kier molecular flexibility index (Phi) is 4.15. The lowest BCUT2D eigenvalue weighted by Gasteiger charge is -2.10. The molecule has 3 heteroatoms. The van der Waals surface area contributed by atoms with E-state index >= 15 is 0 Å². The van der Waals surface area contributed by atoms with Crippen LogP contribution in [-0.4, -0.2) is 17.0 Å². The number of hydrogen-bond donors (Lipinski definition) is 1. The van der Waals surface area contributed by atoms with Crippen LogP contribution in [0.3, 0.4) is 0 Å². The van der Waals surface area contributed by atoms with Crippen LogP contribution in [0, 0.1) is 6.92 Å². The molecule has 0 amide bonds. The SMILES string of the molecule is CNc1cc(C(C)C)nc(Cc2cccc(C)c2)n1. The molecule has 3 nitrogen and oxygen atoms in total. The molecule has 1 aromatic carbocycles. The minimum absolute atomic E-state index is 0.409. The molecule has 0 aliphatic carbocycles. The zero-order valence-electron chi connectivity index (χ0n) is 12.1. The first kappa shape index (κ1) is 13.5. The molecule has 2 rings (SSSR count). The Morgan fingerprint density at radius 1 is 1.16 bits per heavy atom. The quantitative estimate of drug-likeness (QED) is 0.908. The van der Waals surface area contributed by atoms with Crippen molar-refractivity contribution < 1.29 is 0 Å². The van der Waals surface area contributed by atoms with Crippen molar-refractivity contribution in [1.29, 1.82) is 0 Å². The van der Waals surface area contributed by atoms with Crippen LogP contribution in [0.5, 0.6) is 0 Å². The highest BCUT2D eigenvalue weighted by Crippen LogP contribution is 2.17. The number of hydrogen-bond acceptors (Lipinski definition) is 3. The summed E-state index contributed by atoms with van der Waals surface area (Å²) < 4.78 is 0. The molecular formula is C16H21N3. The largest absolute Gasteiger partial charge is 0.373 e. The van der Waals surface area contributed by atoms with Crippen LogP contribution >= 0.6 is 0 Å². The van der Waals surface area contributed by atoms with Crippen molar-refractivity contribution in [3.05, 3.63) is 53.0 Å². The Bertz CT molecular complexity index is 562. The molecule has 1 aromatic heterocycles. The topological polar surface area (TPSA) is 37.8 Å². The highest BCUT2D eigenvalue weighted by atomic mass is 15.0. The molecule has 1 heterocycles. The highest BCUT2D eigenvalue weighted by molar-refractivity contribution is 5.37. The molecule has 100 valence electrons. The fraction of sp³-hybridized carbons (Fsp3) is 0.375. The van der Waals surface area contributed by atoms with Crippen molar-refractivity contribution in [3.8, 4) is 0 Å². The lowest BCUT2D eigenvalue weighted by Crippen LogP contribution is -2.05. The number of rotatable bonds is 4. The molecule has 0 bridgehead atoms. The van der Waals surface area contributed by atoms with E-state index in [0.717, 1.165) is 23.8 Å². The van der Waals surface area contributed by atoms with Crippen LogP contribution in [0.1, 0.15) is 42.4 Å². The van der Waals surface area contributed by atoms with Crippen molar-refractivity contribution in [1.82, 2.24) is 9.97 Å². The average Bonchev–Trinajstić information content (AvgIpc) is 2.38. The molecule has 0 unspecified atom stereocenters. The third-order valence-corrected chi connectivity index (χ3v) is 3.08. The number of benzene rings is 1. The van der Waals surface area contributed by atoms with Gasteiger partial charge >= 0.3 is 0 Å². The molecular weight excluding hydrogens is 234 g/mol. The minimum Gasteiger partial charge on any atom is -0.373 e. The summed E-state index contributed by atoms with van der Waals surface area (Å²) in [6, 6.07) is 10.5. The van der Waals surface area contributed by atoms with Crippen molar-refractivity contribution >= 4 is 5.82 Å². The first-order valence-electron chi connectivity index (χ1n) is 6.69. The van der Waals surface area contributed by atoms with Gasteiger partial charge in [0.25, 0.3) is 0 Å². The van der Waals surface area contributed by atoms with Crippen molar-refractivity contribution in [2.24, 2.45) is 0 Å². The van der Waals surface area contributed by atoms with Crippen LogP contribution in [0.2, 0.25) is 0 Å². The van der Waals surface area contributed by atoms with Crippen molar-refractivity contribution in [2.45, 2.75) is 33.1 Å². The summed E-state index contributed by atoms with van der Waals surface area (Å²) in [6.45, 7) is 6.41. The normalized spacial score (nSPS) is 10.8. The molecule has 0 saturated carbocycles. The number of aromatic nitrogens is 2. The van der Waals surface area contributed by atoms with Gasteiger partial charge in [-0.15, -0.1) is 0 Å². The second-order valence-corrected chi connectivity index (χ2v) is 5.16. The van der Waals surface area contributed by atoms with Gasteiger partial charge < -0.3 is 5.32 Å². The maximum atomic E-state index is 4.65. The second-order valence-electron chi connectivity index (χ2n) is 5.16. The summed E-state index contributed by atoms with van der Waals surface area (Å²) in [5.41, 5.74) is 3.61. The van der Waals surface area contributed by atoms with E-state index in [0.29, 0.717) is 5.92 Å². The van der Waals surface area contributed by atoms with Crippen LogP contribution in [0.25, 0.3) is 0 Å². The van der Waals surface area contributed by atoms with Crippen LogP contribution in [0.15, 0.2) is 30.3 Å². The predicted molar refractivity (Wildman–Crippen MR) is 79.7 cm³/mol. The first-order valence-corrected chi connectivity index (χ1v) is 6.69. The van der Waals surface area contributed by atoms with Gasteiger partial charge in [-0.05, 0) is 18.4 Å². The monoisotopic (exact) mass is 255 g/mol. The summed E-state index contributed by atoms with van der Waals surface area (Å²) in [4.78, 5) is 9.19. The third-order valence-electron chi connectivity index (χ3n) is 3.08. The zero-order valence-corrected chi connectivity index (χ0v) is 12.1. The first-order chi connectivity index (χ1) is 9.08. The fourth-order valence-corrected chi connectivity index (χ4v) is 2.03. The standard InChI is InChI=1S/C16H21N3/c1-11(2)14-10-15(17-4)19-16(18-14)9-13-7-5-6-12(3)8-13/h5-8,10-11H,9H2,1-4H3,(H,17,18,19). The van der Waals surface area contributed by atoms with E-state index < -0.39 is 0 Å². The van der Waals surface area contributed by atoms with Crippen molar-refractivity contribution in [2.75, 3.05) is 12.4 Å². The summed E-state index contributed by atoms with van der Waals surface area (Å²) in [5, 5.41) is 3.11. The second kappa shape index (κ2) is 5.83. The van der Waals surface area contributed by atoms with E-state index in [2.05, 4.69) is 60.3 Å². The van der Waals surface area contributed by atoms with Gasteiger partial charge in [-0.25, -0.2) is 9.97 Å². The summed E-state index contributed by atoms with van der Waals surface area (Å²) >= 11 is 0. The number of nitrogens with zero attached hydrogens (tertiary/aromatic N) is 2. The Hall–Kier alpha value is -1.90. The number of nitrogens with one attached hydrogen (secondary N) is 1. The number of anilines is 1. The molecule has 0 aliphatic heterocycles. The van der Waals surface area contributed by atoms with Crippen LogP contribution in [-0.2, 0) is 6.42 Å². The lowest BCUT2D eigenvalue weighted by molar-refractivity contribution is 0.793. The van der Waals surface area contributed by atoms with Gasteiger partial charge in [-0.3, -0.25) is 0 Å². The van der Waals surface area contributed by atoms with E-state index in [-0.39, 0.29) is 0 Å². The fourth-order valence-electron chi connectivity index (χ4n) is 2.03. The van der Waals surface area contributed by atoms with Gasteiger partial charge in [-0.2, -0.15) is 0 Å². The van der Waals surface area contributed by atoms with Crippen molar-refractivity contribution in [3.63, 3.8) is 0 Å². The van der Waals surface area contributed by atoms with Gasteiger partial charge in [0.1, 0.15) is 11.6 Å². The van der Waals surface area contributed by atoms with Gasteiger partial charge in [0.2, 0.25) is 0 Å². The Balaban J connectivity index is 2.31. The minimum atomic E-state index is 0.409. The van der Waals surface area contributed by atoms with Gasteiger partial charge in [0.05, 0.1) is 0 Å². The summed E-state index contributed by atoms with van der Waals surface area (Å²) in [5.74, 6) is 2.17. The molecule has 2 aromatic rings. The average molecular weight is 255 g/mol. The molecule has 0 aliphatic rings. The van der Waals surface area contributed by atoms with Crippen LogP contribution < -0.4 is 5.32 Å². The molecule has 19 heavy (non-hydrogen) atoms. The van der Waals surface area contributed by atoms with Gasteiger partial charge in [-0.1, -0.05) is 43.7 Å². The molecule has 0 spiro atoms. The Morgan fingerprint density at radius 3 is 2.58 bits per heavy atom. The Morgan fingerprint density at radius 2 is 1.95 bits per heavy atom. The maximum Gasteiger partial charge on any atom is 0.135 e. The summed E-state index contributed by atoms with van der Waals surface area (Å²) in [6.07, 6.45) is 0.775. The molecule has 1 N–H and O–H groups in total. The van der Waals surface area contributed by atoms with Crippen LogP contribution in [0.4, 0.5) is 5.82 Å². The van der Waals surface area contributed by atoms with E-state index in [1.807, 2.05) is 13.1 Å². The molecule has 0 fully saturated rings. The smallest absolute Gasteiger partial charge is 0.135 e. The Labute approximate surface area is 115 Å². The van der Waals surface area contributed by atoms with E-state index in [1.54, 1.807) is 0 Å². The van der Waals surface area contributed by atoms with Gasteiger partial charge in [0.15, 0.2) is 0 Å². The third kappa shape index (κ3) is 3.53. The predicted octanol–water partition coefficient (Wildman–Crippen LogP) is 3.54. The van der Waals surface area contributed by atoms with E-state index in [1.165, 1.54) is 11.1 Å². The maximum absolute atomic E-state index is 4.65. The van der Waals surface area contributed by atoms with Gasteiger partial charge in [0, 0.05) is 25.2 Å². The van der Waals surface area contributed by atoms with E-state index in [4.69, 9.17) is 0 Å². The van der Waals surface area contributed by atoms with E-state index in [9.17, 15) is 0 Å². The summed E-state index contributed by atoms with van der Waals surface area (Å²) in [7, 11) is 1.89. The number of aryl methyl sites for hydroxylation is 1. The molecule has 0 atom stereocenters. The molecule has 0 radical (unpaired) electrons. The zero-order chi connectivity index (χ0) is 13.8. The highest BCUT2D eigenvalue weighted by Gasteiger charge is 2.08.